The van der Waals surface area contributed by atoms with Crippen molar-refractivity contribution in [1.82, 2.24) is 0 Å². The minimum Gasteiger partial charge on any atom is -0.490 e. The van der Waals surface area contributed by atoms with E-state index in [1.54, 1.807) is 31.2 Å². The number of anilines is 1. The van der Waals surface area contributed by atoms with Gasteiger partial charge in [-0.3, -0.25) is 14.9 Å². The Kier molecular flexibility index (Phi) is 4.96. The summed E-state index contributed by atoms with van der Waals surface area (Å²) in [7, 11) is 1.36. The van der Waals surface area contributed by atoms with E-state index in [0.717, 1.165) is 5.56 Å². The van der Waals surface area contributed by atoms with Crippen LogP contribution in [-0.2, 0) is 4.79 Å². The van der Waals surface area contributed by atoms with Crippen LogP contribution in [0.2, 0.25) is 5.02 Å². The molecule has 1 aliphatic heterocycles. The molecule has 1 heterocycles. The monoisotopic (exact) mass is 385 g/mol. The van der Waals surface area contributed by atoms with Gasteiger partial charge in [-0.25, -0.2) is 0 Å². The van der Waals surface area contributed by atoms with E-state index in [1.165, 1.54) is 24.3 Å². The number of halogens is 1. The van der Waals surface area contributed by atoms with Gasteiger partial charge in [0.25, 0.3) is 5.91 Å². The number of hydrogen-bond donors (Lipinski definition) is 0. The molecule has 0 saturated carbocycles. The Morgan fingerprint density at radius 3 is 2.59 bits per heavy atom. The molecule has 0 spiro atoms. The zero-order chi connectivity index (χ0) is 19.7. The average molecular weight is 386 g/mol. The number of nitrogens with zero attached hydrogens (tertiary/aromatic N) is 3. The number of carbonyl (C=O) groups is 1. The smallest absolute Gasteiger partial charge is 0.311 e. The number of nitro benzene ring substituents is 1. The fraction of sp³-hybridized carbons (Fsp3) is 0.158. The largest absolute Gasteiger partial charge is 0.490 e. The quantitative estimate of drug-likeness (QED) is 0.444. The van der Waals surface area contributed by atoms with Crippen LogP contribution in [0.1, 0.15) is 18.1 Å². The second-order valence-corrected chi connectivity index (χ2v) is 6.39. The first kappa shape index (κ1) is 18.6. The summed E-state index contributed by atoms with van der Waals surface area (Å²) in [5.41, 5.74) is 2.65. The normalized spacial score (nSPS) is 15.3. The Hall–Kier alpha value is -3.19. The van der Waals surface area contributed by atoms with Crippen molar-refractivity contribution < 1.29 is 14.5 Å². The Labute approximate surface area is 160 Å². The SMILES string of the molecule is COc1ccc(/C=C2\C(=O)N(c3ccc(C)c(Cl)c3)N=C2C)cc1[N+](=O)[O-]. The summed E-state index contributed by atoms with van der Waals surface area (Å²) < 4.78 is 5.00. The summed E-state index contributed by atoms with van der Waals surface area (Å²) in [6, 6.07) is 9.74. The van der Waals surface area contributed by atoms with Gasteiger partial charge in [0.05, 0.1) is 29.0 Å². The number of aryl methyl sites for hydroxylation is 1. The summed E-state index contributed by atoms with van der Waals surface area (Å²) >= 11 is 6.14. The van der Waals surface area contributed by atoms with Crippen molar-refractivity contribution in [2.24, 2.45) is 5.10 Å². The van der Waals surface area contributed by atoms with E-state index < -0.39 is 4.92 Å². The molecule has 0 bridgehead atoms. The number of methoxy groups -OCH3 is 1. The van der Waals surface area contributed by atoms with Gasteiger partial charge in [-0.1, -0.05) is 23.7 Å². The first-order valence-electron chi connectivity index (χ1n) is 8.02. The second-order valence-electron chi connectivity index (χ2n) is 5.98. The van der Waals surface area contributed by atoms with Crippen molar-refractivity contribution in [2.45, 2.75) is 13.8 Å². The Balaban J connectivity index is 1.97. The standard InChI is InChI=1S/C19H16ClN3O4/c1-11-4-6-14(10-16(11)20)22-19(24)15(12(2)21-22)8-13-5-7-18(27-3)17(9-13)23(25)26/h4-10H,1-3H3/b15-8-. The molecule has 1 amide bonds. The fourth-order valence-electron chi connectivity index (χ4n) is 2.68. The van der Waals surface area contributed by atoms with Crippen LogP contribution >= 0.6 is 11.6 Å². The maximum absolute atomic E-state index is 12.8. The number of carbonyl (C=O) groups excluding carboxylic acids is 1. The highest BCUT2D eigenvalue weighted by molar-refractivity contribution is 6.33. The molecule has 138 valence electrons. The van der Waals surface area contributed by atoms with Crippen LogP contribution in [-0.4, -0.2) is 23.7 Å². The number of rotatable bonds is 4. The summed E-state index contributed by atoms with van der Waals surface area (Å²) in [4.78, 5) is 23.5. The molecule has 0 unspecified atom stereocenters. The van der Waals surface area contributed by atoms with E-state index in [9.17, 15) is 14.9 Å². The van der Waals surface area contributed by atoms with E-state index in [-0.39, 0.29) is 17.3 Å². The molecule has 0 fully saturated rings. The predicted octanol–water partition coefficient (Wildman–Crippen LogP) is 4.37. The second kappa shape index (κ2) is 7.20. The van der Waals surface area contributed by atoms with Gasteiger partial charge in [0.15, 0.2) is 5.75 Å². The third kappa shape index (κ3) is 3.54. The molecule has 2 aromatic rings. The van der Waals surface area contributed by atoms with Gasteiger partial charge in [0.2, 0.25) is 0 Å². The molecule has 0 radical (unpaired) electrons. The van der Waals surface area contributed by atoms with Crippen molar-refractivity contribution in [3.05, 3.63) is 68.2 Å². The molecule has 2 aromatic carbocycles. The topological polar surface area (TPSA) is 85.0 Å². The lowest BCUT2D eigenvalue weighted by molar-refractivity contribution is -0.385. The van der Waals surface area contributed by atoms with Gasteiger partial charge in [0.1, 0.15) is 0 Å². The molecule has 0 saturated heterocycles. The zero-order valence-electron chi connectivity index (χ0n) is 14.9. The lowest BCUT2D eigenvalue weighted by Crippen LogP contribution is -2.21. The lowest BCUT2D eigenvalue weighted by Gasteiger charge is -2.12. The van der Waals surface area contributed by atoms with Gasteiger partial charge in [-0.15, -0.1) is 0 Å². The first-order valence-corrected chi connectivity index (χ1v) is 8.40. The van der Waals surface area contributed by atoms with Crippen LogP contribution < -0.4 is 9.75 Å². The molecular formula is C19H16ClN3O4. The van der Waals surface area contributed by atoms with E-state index in [0.29, 0.717) is 27.6 Å². The van der Waals surface area contributed by atoms with E-state index >= 15 is 0 Å². The number of benzene rings is 2. The van der Waals surface area contributed by atoms with Crippen LogP contribution in [0.5, 0.6) is 5.75 Å². The molecule has 0 aromatic heterocycles. The van der Waals surface area contributed by atoms with E-state index in [2.05, 4.69) is 5.10 Å². The molecule has 0 aliphatic carbocycles. The van der Waals surface area contributed by atoms with Gasteiger partial charge in [0, 0.05) is 11.1 Å². The number of hydrazone groups is 1. The molecule has 8 heteroatoms. The molecule has 27 heavy (non-hydrogen) atoms. The minimum absolute atomic E-state index is 0.154. The number of amides is 1. The van der Waals surface area contributed by atoms with Crippen LogP contribution in [0, 0.1) is 17.0 Å². The average Bonchev–Trinajstić information content (AvgIpc) is 2.92. The number of hydrogen-bond acceptors (Lipinski definition) is 5. The summed E-state index contributed by atoms with van der Waals surface area (Å²) in [6.45, 7) is 3.58. The van der Waals surface area contributed by atoms with Gasteiger partial charge >= 0.3 is 5.69 Å². The van der Waals surface area contributed by atoms with Crippen LogP contribution in [0.25, 0.3) is 6.08 Å². The molecule has 0 N–H and O–H groups in total. The van der Waals surface area contributed by atoms with Crippen molar-refractivity contribution in [3.8, 4) is 5.75 Å². The maximum atomic E-state index is 12.8. The first-order chi connectivity index (χ1) is 12.8. The molecular weight excluding hydrogens is 370 g/mol. The Morgan fingerprint density at radius 2 is 1.96 bits per heavy atom. The maximum Gasteiger partial charge on any atom is 0.311 e. The van der Waals surface area contributed by atoms with Crippen LogP contribution in [0.3, 0.4) is 0 Å². The lowest BCUT2D eigenvalue weighted by atomic mass is 10.1. The van der Waals surface area contributed by atoms with Crippen LogP contribution in [0.15, 0.2) is 47.1 Å². The molecule has 3 rings (SSSR count). The summed E-state index contributed by atoms with van der Waals surface area (Å²) in [5.74, 6) is -0.174. The molecule has 7 nitrogen and oxygen atoms in total. The van der Waals surface area contributed by atoms with Crippen molar-refractivity contribution >= 4 is 40.7 Å². The van der Waals surface area contributed by atoms with Crippen LogP contribution in [0.4, 0.5) is 11.4 Å². The minimum atomic E-state index is -0.529. The molecule has 1 aliphatic rings. The van der Waals surface area contributed by atoms with Gasteiger partial charge in [-0.05, 0) is 49.2 Å². The van der Waals surface area contributed by atoms with Gasteiger partial charge in [-0.2, -0.15) is 10.1 Å². The van der Waals surface area contributed by atoms with E-state index in [1.807, 2.05) is 13.0 Å². The van der Waals surface area contributed by atoms with Crippen molar-refractivity contribution in [3.63, 3.8) is 0 Å². The summed E-state index contributed by atoms with van der Waals surface area (Å²) in [6.07, 6.45) is 1.57. The fourth-order valence-corrected chi connectivity index (χ4v) is 2.85. The third-order valence-electron chi connectivity index (χ3n) is 4.17. The van der Waals surface area contributed by atoms with Crippen molar-refractivity contribution in [1.29, 1.82) is 0 Å². The Bertz CT molecular complexity index is 1010. The Morgan fingerprint density at radius 1 is 1.22 bits per heavy atom. The van der Waals surface area contributed by atoms with E-state index in [4.69, 9.17) is 16.3 Å². The summed E-state index contributed by atoms with van der Waals surface area (Å²) in [5, 5.41) is 17.3. The molecule has 0 atom stereocenters. The number of ether oxygens (including phenoxy) is 1. The highest BCUT2D eigenvalue weighted by Crippen LogP contribution is 2.31. The zero-order valence-corrected chi connectivity index (χ0v) is 15.6. The predicted molar refractivity (Wildman–Crippen MR) is 104 cm³/mol. The van der Waals surface area contributed by atoms with Crippen molar-refractivity contribution in [2.75, 3.05) is 12.1 Å². The highest BCUT2D eigenvalue weighted by Gasteiger charge is 2.29. The number of nitro groups is 1. The third-order valence-corrected chi connectivity index (χ3v) is 4.58. The highest BCUT2D eigenvalue weighted by atomic mass is 35.5. The van der Waals surface area contributed by atoms with Gasteiger partial charge < -0.3 is 4.74 Å².